The van der Waals surface area contributed by atoms with Gasteiger partial charge in [-0.3, -0.25) is 0 Å². The lowest BCUT2D eigenvalue weighted by Gasteiger charge is -1.85. The lowest BCUT2D eigenvalue weighted by molar-refractivity contribution is 1.53. The van der Waals surface area contributed by atoms with Crippen molar-refractivity contribution in [1.29, 1.82) is 0 Å². The van der Waals surface area contributed by atoms with E-state index in [1.54, 1.807) is 6.08 Å². The number of rotatable bonds is 1. The number of halogens is 2. The van der Waals surface area contributed by atoms with Gasteiger partial charge in [-0.05, 0) is 37.9 Å². The van der Waals surface area contributed by atoms with Crippen molar-refractivity contribution in [2.24, 2.45) is 11.5 Å². The van der Waals surface area contributed by atoms with Crippen LogP contribution in [0.2, 0.25) is 0 Å². The van der Waals surface area contributed by atoms with Crippen LogP contribution in [0.4, 0.5) is 0 Å². The van der Waals surface area contributed by atoms with Gasteiger partial charge in [0.1, 0.15) is 0 Å². The average Bonchev–Trinajstić information content (AvgIpc) is 1.65. The summed E-state index contributed by atoms with van der Waals surface area (Å²) in [5.74, 6) is 0. The first-order valence-corrected chi connectivity index (χ1v) is 3.45. The summed E-state index contributed by atoms with van der Waals surface area (Å²) >= 11 is 6.16. The molecule has 0 amide bonds. The molecule has 0 spiro atoms. The molecule has 8 heavy (non-hydrogen) atoms. The lowest BCUT2D eigenvalue weighted by Crippen LogP contribution is -1.86. The van der Waals surface area contributed by atoms with Crippen LogP contribution in [0.1, 0.15) is 0 Å². The molecule has 0 bridgehead atoms. The monoisotopic (exact) mass is 240 g/mol. The molecule has 2 nitrogen and oxygen atoms in total. The van der Waals surface area contributed by atoms with Gasteiger partial charge in [-0.15, -0.1) is 0 Å². The van der Waals surface area contributed by atoms with E-state index in [1.807, 2.05) is 0 Å². The van der Waals surface area contributed by atoms with Gasteiger partial charge in [0.2, 0.25) is 0 Å². The molecular weight excluding hydrogens is 236 g/mol. The molecular formula is C4H6Br2N2. The lowest BCUT2D eigenvalue weighted by atomic mass is 10.6. The zero-order chi connectivity index (χ0) is 6.57. The standard InChI is InChI=1S/C4H6Br2N2/c5-3(2-7)1-4(6)8/h1-2H,7-8H2. The topological polar surface area (TPSA) is 52.0 Å². The van der Waals surface area contributed by atoms with Crippen LogP contribution in [0.3, 0.4) is 0 Å². The first-order chi connectivity index (χ1) is 3.66. The summed E-state index contributed by atoms with van der Waals surface area (Å²) in [7, 11) is 0. The molecule has 0 aromatic carbocycles. The maximum Gasteiger partial charge on any atom is 0.0765 e. The first kappa shape index (κ1) is 8.04. The third kappa shape index (κ3) is 4.21. The molecule has 0 rings (SSSR count). The Morgan fingerprint density at radius 1 is 1.38 bits per heavy atom. The molecule has 0 saturated heterocycles. The quantitative estimate of drug-likeness (QED) is 0.539. The van der Waals surface area contributed by atoms with Crippen molar-refractivity contribution >= 4 is 31.9 Å². The maximum absolute atomic E-state index is 5.22. The van der Waals surface area contributed by atoms with Gasteiger partial charge in [-0.2, -0.15) is 0 Å². The molecule has 46 valence electrons. The Labute approximate surface area is 64.9 Å². The molecule has 4 N–H and O–H groups in total. The van der Waals surface area contributed by atoms with Gasteiger partial charge in [0.25, 0.3) is 0 Å². The molecule has 0 aliphatic heterocycles. The van der Waals surface area contributed by atoms with Gasteiger partial charge in [0, 0.05) is 10.7 Å². The van der Waals surface area contributed by atoms with Crippen molar-refractivity contribution in [1.82, 2.24) is 0 Å². The van der Waals surface area contributed by atoms with Crippen molar-refractivity contribution in [3.8, 4) is 0 Å². The number of allylic oxidation sites excluding steroid dienone is 2. The van der Waals surface area contributed by atoms with Gasteiger partial charge in [0.15, 0.2) is 0 Å². The van der Waals surface area contributed by atoms with Gasteiger partial charge in [0.05, 0.1) is 4.61 Å². The van der Waals surface area contributed by atoms with E-state index in [-0.39, 0.29) is 0 Å². The highest BCUT2D eigenvalue weighted by atomic mass is 79.9. The fourth-order valence-electron chi connectivity index (χ4n) is 0.180. The molecule has 0 aliphatic rings. The molecule has 0 atom stereocenters. The summed E-state index contributed by atoms with van der Waals surface area (Å²) in [6.45, 7) is 0. The summed E-state index contributed by atoms with van der Waals surface area (Å²) in [5.41, 5.74) is 10.3. The zero-order valence-corrected chi connectivity index (χ0v) is 7.24. The summed E-state index contributed by atoms with van der Waals surface area (Å²) in [6, 6.07) is 0. The summed E-state index contributed by atoms with van der Waals surface area (Å²) in [4.78, 5) is 0. The fourth-order valence-corrected chi connectivity index (χ4v) is 0.980. The van der Waals surface area contributed by atoms with E-state index in [0.29, 0.717) is 4.61 Å². The number of nitrogens with two attached hydrogens (primary N) is 2. The first-order valence-electron chi connectivity index (χ1n) is 1.87. The van der Waals surface area contributed by atoms with Crippen molar-refractivity contribution < 1.29 is 0 Å². The molecule has 0 unspecified atom stereocenters. The smallest absolute Gasteiger partial charge is 0.0765 e. The highest BCUT2D eigenvalue weighted by Gasteiger charge is 1.82. The van der Waals surface area contributed by atoms with E-state index in [1.165, 1.54) is 6.20 Å². The Morgan fingerprint density at radius 2 is 1.88 bits per heavy atom. The van der Waals surface area contributed by atoms with Crippen molar-refractivity contribution in [2.45, 2.75) is 0 Å². The maximum atomic E-state index is 5.22. The third-order valence-corrected chi connectivity index (χ3v) is 1.16. The largest absolute Gasteiger partial charge is 0.404 e. The van der Waals surface area contributed by atoms with Gasteiger partial charge >= 0.3 is 0 Å². The Balaban J connectivity index is 3.89. The van der Waals surface area contributed by atoms with Crippen LogP contribution in [-0.4, -0.2) is 0 Å². The van der Waals surface area contributed by atoms with Crippen LogP contribution >= 0.6 is 31.9 Å². The van der Waals surface area contributed by atoms with Gasteiger partial charge < -0.3 is 11.5 Å². The second-order valence-electron chi connectivity index (χ2n) is 1.08. The highest BCUT2D eigenvalue weighted by molar-refractivity contribution is 9.12. The van der Waals surface area contributed by atoms with Crippen LogP contribution in [-0.2, 0) is 0 Å². The Morgan fingerprint density at radius 3 is 2.00 bits per heavy atom. The van der Waals surface area contributed by atoms with E-state index >= 15 is 0 Å². The second kappa shape index (κ2) is 3.97. The van der Waals surface area contributed by atoms with E-state index < -0.39 is 0 Å². The van der Waals surface area contributed by atoms with Crippen molar-refractivity contribution in [3.63, 3.8) is 0 Å². The predicted octanol–water partition coefficient (Wildman–Crippen LogP) is 1.38. The van der Waals surface area contributed by atoms with E-state index in [2.05, 4.69) is 31.9 Å². The molecule has 0 saturated carbocycles. The summed E-state index contributed by atoms with van der Waals surface area (Å²) < 4.78 is 1.30. The fraction of sp³-hybridized carbons (Fsp3) is 0. The van der Waals surface area contributed by atoms with Crippen LogP contribution in [0.25, 0.3) is 0 Å². The number of hydrogen-bond acceptors (Lipinski definition) is 2. The Hall–Kier alpha value is 0.0400. The average molecular weight is 242 g/mol. The molecule has 0 radical (unpaired) electrons. The van der Waals surface area contributed by atoms with Gasteiger partial charge in [-0.1, -0.05) is 0 Å². The normalized spacial score (nSPS) is 14.2. The Kier molecular flexibility index (Phi) is 3.99. The van der Waals surface area contributed by atoms with Crippen LogP contribution in [0.5, 0.6) is 0 Å². The van der Waals surface area contributed by atoms with Crippen molar-refractivity contribution in [3.05, 3.63) is 21.4 Å². The minimum absolute atomic E-state index is 0.547. The van der Waals surface area contributed by atoms with Crippen molar-refractivity contribution in [2.75, 3.05) is 0 Å². The highest BCUT2D eigenvalue weighted by Crippen LogP contribution is 2.07. The molecule has 0 heterocycles. The molecule has 0 fully saturated rings. The van der Waals surface area contributed by atoms with Crippen LogP contribution < -0.4 is 11.5 Å². The van der Waals surface area contributed by atoms with Crippen LogP contribution in [0.15, 0.2) is 21.4 Å². The summed E-state index contributed by atoms with van der Waals surface area (Å²) in [6.07, 6.45) is 3.06. The second-order valence-corrected chi connectivity index (χ2v) is 2.91. The van der Waals surface area contributed by atoms with E-state index in [4.69, 9.17) is 11.5 Å². The van der Waals surface area contributed by atoms with E-state index in [9.17, 15) is 0 Å². The SMILES string of the molecule is NC=C(Br)C=C(N)Br. The number of hydrogen-bond donors (Lipinski definition) is 2. The Bertz CT molecular complexity index is 124. The minimum Gasteiger partial charge on any atom is -0.404 e. The van der Waals surface area contributed by atoms with Gasteiger partial charge in [-0.25, -0.2) is 0 Å². The molecule has 0 aliphatic carbocycles. The van der Waals surface area contributed by atoms with Crippen LogP contribution in [0, 0.1) is 0 Å². The third-order valence-electron chi connectivity index (χ3n) is 0.435. The molecule has 4 heteroatoms. The minimum atomic E-state index is 0.547. The van der Waals surface area contributed by atoms with E-state index in [0.717, 1.165) is 4.48 Å². The predicted molar refractivity (Wildman–Crippen MR) is 42.4 cm³/mol. The zero-order valence-electron chi connectivity index (χ0n) is 4.07. The molecule has 0 aromatic heterocycles. The summed E-state index contributed by atoms with van der Waals surface area (Å²) in [5, 5.41) is 0. The molecule has 0 aromatic rings.